The van der Waals surface area contributed by atoms with Gasteiger partial charge in [0.25, 0.3) is 5.56 Å². The molecule has 2 heterocycles. The van der Waals surface area contributed by atoms with E-state index in [-0.39, 0.29) is 5.56 Å². The summed E-state index contributed by atoms with van der Waals surface area (Å²) in [7, 11) is 0. The van der Waals surface area contributed by atoms with Crippen LogP contribution in [0.3, 0.4) is 0 Å². The molecule has 20 heavy (non-hydrogen) atoms. The van der Waals surface area contributed by atoms with Crippen molar-refractivity contribution in [3.05, 3.63) is 46.0 Å². The summed E-state index contributed by atoms with van der Waals surface area (Å²) in [4.78, 5) is 27.4. The number of fused-ring (bicyclic) bond motifs is 1. The molecule has 0 aliphatic heterocycles. The topological polar surface area (TPSA) is 71.7 Å². The minimum absolute atomic E-state index is 0.151. The summed E-state index contributed by atoms with van der Waals surface area (Å²) in [5.74, 6) is -0.491. The Morgan fingerprint density at radius 1 is 1.45 bits per heavy atom. The van der Waals surface area contributed by atoms with Crippen molar-refractivity contribution in [2.24, 2.45) is 0 Å². The van der Waals surface area contributed by atoms with Gasteiger partial charge in [-0.2, -0.15) is 0 Å². The van der Waals surface area contributed by atoms with Gasteiger partial charge in [-0.3, -0.25) is 14.0 Å². The molecule has 2 aromatic heterocycles. The minimum Gasteiger partial charge on any atom is -0.480 e. The van der Waals surface area contributed by atoms with Crippen LogP contribution in [0.1, 0.15) is 25.1 Å². The summed E-state index contributed by atoms with van der Waals surface area (Å²) in [6.07, 6.45) is 1.74. The monoisotopic (exact) mass is 292 g/mol. The SMILES string of the molecule is Cc1ccc2nc(CSC(C)(C)C(=O)O)cc(=O)n2c1. The molecular formula is C14H16N2O3S. The van der Waals surface area contributed by atoms with Gasteiger partial charge >= 0.3 is 5.97 Å². The molecule has 0 unspecified atom stereocenters. The molecule has 0 saturated carbocycles. The molecule has 2 rings (SSSR count). The van der Waals surface area contributed by atoms with E-state index in [2.05, 4.69) is 4.98 Å². The Labute approximate surface area is 120 Å². The third-order valence-electron chi connectivity index (χ3n) is 2.96. The average Bonchev–Trinajstić information content (AvgIpc) is 2.37. The maximum atomic E-state index is 12.0. The lowest BCUT2D eigenvalue weighted by atomic mass is 10.2. The van der Waals surface area contributed by atoms with Gasteiger partial charge in [-0.25, -0.2) is 4.98 Å². The fraction of sp³-hybridized carbons (Fsp3) is 0.357. The van der Waals surface area contributed by atoms with Gasteiger partial charge in [-0.05, 0) is 32.4 Å². The van der Waals surface area contributed by atoms with Gasteiger partial charge in [-0.1, -0.05) is 6.07 Å². The normalized spacial score (nSPS) is 11.8. The summed E-state index contributed by atoms with van der Waals surface area (Å²) in [5, 5.41) is 9.07. The van der Waals surface area contributed by atoms with E-state index in [1.54, 1.807) is 26.1 Å². The third-order valence-corrected chi connectivity index (χ3v) is 4.29. The van der Waals surface area contributed by atoms with Crippen molar-refractivity contribution in [3.63, 3.8) is 0 Å². The molecule has 106 valence electrons. The molecule has 0 aliphatic carbocycles. The first-order chi connectivity index (χ1) is 9.29. The number of carbonyl (C=O) groups is 1. The smallest absolute Gasteiger partial charge is 0.319 e. The molecule has 0 amide bonds. The second-order valence-electron chi connectivity index (χ2n) is 5.12. The number of aromatic nitrogens is 2. The number of carboxylic acid groups (broad SMARTS) is 1. The number of nitrogens with zero attached hydrogens (tertiary/aromatic N) is 2. The maximum absolute atomic E-state index is 12.0. The van der Waals surface area contributed by atoms with E-state index < -0.39 is 10.7 Å². The van der Waals surface area contributed by atoms with E-state index in [1.165, 1.54) is 22.2 Å². The number of hydrogen-bond acceptors (Lipinski definition) is 4. The van der Waals surface area contributed by atoms with Crippen molar-refractivity contribution in [1.29, 1.82) is 0 Å². The van der Waals surface area contributed by atoms with Crippen LogP contribution in [0.4, 0.5) is 0 Å². The summed E-state index contributed by atoms with van der Waals surface area (Å²) >= 11 is 1.25. The Hall–Kier alpha value is -1.82. The van der Waals surface area contributed by atoms with Crippen molar-refractivity contribution in [2.75, 3.05) is 0 Å². The zero-order valence-corrected chi connectivity index (χ0v) is 12.4. The molecule has 5 nitrogen and oxygen atoms in total. The van der Waals surface area contributed by atoms with Crippen LogP contribution in [0.2, 0.25) is 0 Å². The second-order valence-corrected chi connectivity index (χ2v) is 6.72. The third kappa shape index (κ3) is 3.01. The van der Waals surface area contributed by atoms with Gasteiger partial charge in [-0.15, -0.1) is 11.8 Å². The maximum Gasteiger partial charge on any atom is 0.319 e. The van der Waals surface area contributed by atoms with Crippen molar-refractivity contribution >= 4 is 23.4 Å². The lowest BCUT2D eigenvalue weighted by molar-refractivity contribution is -0.138. The van der Waals surface area contributed by atoms with Crippen LogP contribution >= 0.6 is 11.8 Å². The van der Waals surface area contributed by atoms with Gasteiger partial charge < -0.3 is 5.11 Å². The first-order valence-corrected chi connectivity index (χ1v) is 7.14. The lowest BCUT2D eigenvalue weighted by Crippen LogP contribution is -2.27. The van der Waals surface area contributed by atoms with E-state index in [9.17, 15) is 9.59 Å². The standard InChI is InChI=1S/C14H16N2O3S/c1-9-4-5-11-15-10(6-12(17)16(11)7-9)8-20-14(2,3)13(18)19/h4-7H,8H2,1-3H3,(H,18,19). The predicted octanol–water partition coefficient (Wildman–Crippen LogP) is 2.10. The Kier molecular flexibility index (Phi) is 3.85. The van der Waals surface area contributed by atoms with E-state index in [0.717, 1.165) is 5.56 Å². The highest BCUT2D eigenvalue weighted by molar-refractivity contribution is 8.00. The number of pyridine rings is 1. The Balaban J connectivity index is 2.31. The summed E-state index contributed by atoms with van der Waals surface area (Å²) < 4.78 is 0.589. The molecule has 0 aliphatic rings. The van der Waals surface area contributed by atoms with Crippen molar-refractivity contribution in [1.82, 2.24) is 9.38 Å². The molecule has 6 heteroatoms. The molecule has 0 aromatic carbocycles. The zero-order valence-electron chi connectivity index (χ0n) is 11.6. The molecular weight excluding hydrogens is 276 g/mol. The van der Waals surface area contributed by atoms with E-state index in [0.29, 0.717) is 17.1 Å². The van der Waals surface area contributed by atoms with E-state index >= 15 is 0 Å². The highest BCUT2D eigenvalue weighted by Crippen LogP contribution is 2.27. The molecule has 1 N–H and O–H groups in total. The summed E-state index contributed by atoms with van der Waals surface area (Å²) in [6.45, 7) is 5.18. The number of hydrogen-bond donors (Lipinski definition) is 1. The summed E-state index contributed by atoms with van der Waals surface area (Å²) in [6, 6.07) is 5.13. The predicted molar refractivity (Wildman–Crippen MR) is 79.2 cm³/mol. The van der Waals surface area contributed by atoms with Crippen LogP contribution in [0.15, 0.2) is 29.2 Å². The van der Waals surface area contributed by atoms with Gasteiger partial charge in [0.2, 0.25) is 0 Å². The summed E-state index contributed by atoms with van der Waals surface area (Å²) in [5.41, 5.74) is 2.00. The Bertz CT molecular complexity index is 722. The van der Waals surface area contributed by atoms with Crippen LogP contribution in [0.5, 0.6) is 0 Å². The molecule has 0 radical (unpaired) electrons. The van der Waals surface area contributed by atoms with E-state index in [1.807, 2.05) is 13.0 Å². The fourth-order valence-corrected chi connectivity index (χ4v) is 2.43. The Morgan fingerprint density at radius 2 is 2.15 bits per heavy atom. The molecule has 0 atom stereocenters. The molecule has 0 saturated heterocycles. The number of carboxylic acids is 1. The lowest BCUT2D eigenvalue weighted by Gasteiger charge is -2.17. The van der Waals surface area contributed by atoms with Crippen LogP contribution < -0.4 is 5.56 Å². The minimum atomic E-state index is -0.903. The number of aryl methyl sites for hydroxylation is 1. The van der Waals surface area contributed by atoms with Gasteiger partial charge in [0.05, 0.1) is 5.69 Å². The quantitative estimate of drug-likeness (QED) is 0.934. The largest absolute Gasteiger partial charge is 0.480 e. The van der Waals surface area contributed by atoms with Crippen LogP contribution in [-0.2, 0) is 10.5 Å². The van der Waals surface area contributed by atoms with Crippen LogP contribution in [0, 0.1) is 6.92 Å². The van der Waals surface area contributed by atoms with Crippen LogP contribution in [-0.4, -0.2) is 25.2 Å². The van der Waals surface area contributed by atoms with Gasteiger partial charge in [0, 0.05) is 18.0 Å². The molecule has 2 aromatic rings. The van der Waals surface area contributed by atoms with Crippen molar-refractivity contribution in [2.45, 2.75) is 31.3 Å². The second kappa shape index (κ2) is 5.28. The number of thioether (sulfide) groups is 1. The number of aliphatic carboxylic acids is 1. The first kappa shape index (κ1) is 14.6. The zero-order chi connectivity index (χ0) is 14.9. The average molecular weight is 292 g/mol. The van der Waals surface area contributed by atoms with Crippen molar-refractivity contribution < 1.29 is 9.90 Å². The van der Waals surface area contributed by atoms with E-state index in [4.69, 9.17) is 5.11 Å². The highest BCUT2D eigenvalue weighted by Gasteiger charge is 2.27. The Morgan fingerprint density at radius 3 is 2.80 bits per heavy atom. The van der Waals surface area contributed by atoms with Crippen LogP contribution in [0.25, 0.3) is 5.65 Å². The van der Waals surface area contributed by atoms with Gasteiger partial charge in [0.15, 0.2) is 0 Å². The molecule has 0 spiro atoms. The van der Waals surface area contributed by atoms with Gasteiger partial charge in [0.1, 0.15) is 10.4 Å². The first-order valence-electron chi connectivity index (χ1n) is 6.16. The highest BCUT2D eigenvalue weighted by atomic mass is 32.2. The number of rotatable bonds is 4. The van der Waals surface area contributed by atoms with Crippen molar-refractivity contribution in [3.8, 4) is 0 Å². The fourth-order valence-electron chi connectivity index (χ4n) is 1.65. The molecule has 0 fully saturated rings. The molecule has 0 bridgehead atoms.